The number of fused-ring (bicyclic) bond motifs is 1. The van der Waals surface area contributed by atoms with Gasteiger partial charge in [0.25, 0.3) is 10.0 Å². The zero-order chi connectivity index (χ0) is 22.2. The molecule has 2 aromatic rings. The van der Waals surface area contributed by atoms with Crippen molar-refractivity contribution in [3.8, 4) is 0 Å². The summed E-state index contributed by atoms with van der Waals surface area (Å²) in [6, 6.07) is 9.43. The zero-order valence-corrected chi connectivity index (χ0v) is 18.4. The Morgan fingerprint density at radius 2 is 1.94 bits per heavy atom. The fourth-order valence-corrected chi connectivity index (χ4v) is 5.71. The van der Waals surface area contributed by atoms with Crippen molar-refractivity contribution < 1.29 is 22.4 Å². The van der Waals surface area contributed by atoms with Crippen LogP contribution in [0.5, 0.6) is 0 Å². The van der Waals surface area contributed by atoms with Crippen LogP contribution in [0.3, 0.4) is 0 Å². The van der Waals surface area contributed by atoms with E-state index in [4.69, 9.17) is 0 Å². The number of likely N-dealkylation sites (tertiary alicyclic amines) is 1. The number of hydrogen-bond donors (Lipinski definition) is 2. The predicted molar refractivity (Wildman–Crippen MR) is 117 cm³/mol. The number of hydrogen-bond acceptors (Lipinski definition) is 5. The lowest BCUT2D eigenvalue weighted by Gasteiger charge is -2.33. The smallest absolute Gasteiger partial charge is 0.261 e. The summed E-state index contributed by atoms with van der Waals surface area (Å²) < 4.78 is 41.0. The number of benzene rings is 2. The third-order valence-corrected chi connectivity index (χ3v) is 8.04. The molecule has 4 rings (SSSR count). The van der Waals surface area contributed by atoms with Gasteiger partial charge in [-0.1, -0.05) is 13.0 Å². The Hall–Kier alpha value is -2.59. The molecule has 1 saturated heterocycles. The molecule has 1 atom stereocenters. The molecule has 2 aliphatic heterocycles. The molecule has 0 unspecified atom stereocenters. The highest BCUT2D eigenvalue weighted by molar-refractivity contribution is 8.01. The Bertz CT molecular complexity index is 1130. The Balaban J connectivity index is 1.52. The van der Waals surface area contributed by atoms with Crippen LogP contribution in [-0.2, 0) is 19.6 Å². The van der Waals surface area contributed by atoms with E-state index in [0.29, 0.717) is 29.6 Å². The number of nitrogens with one attached hydrogen (secondary N) is 2. The molecule has 164 valence electrons. The first-order valence-electron chi connectivity index (χ1n) is 9.92. The van der Waals surface area contributed by atoms with Gasteiger partial charge in [-0.05, 0) is 55.2 Å². The van der Waals surface area contributed by atoms with Crippen LogP contribution in [0.1, 0.15) is 19.8 Å². The predicted octanol–water partition coefficient (Wildman–Crippen LogP) is 3.30. The first-order chi connectivity index (χ1) is 14.7. The average molecular weight is 464 g/mol. The van der Waals surface area contributed by atoms with Crippen molar-refractivity contribution in [2.24, 2.45) is 5.92 Å². The molecular formula is C21H22FN3O4S2. The van der Waals surface area contributed by atoms with E-state index in [1.165, 1.54) is 30.3 Å². The topological polar surface area (TPSA) is 95.6 Å². The molecule has 0 aliphatic carbocycles. The van der Waals surface area contributed by atoms with Crippen LogP contribution < -0.4 is 10.0 Å². The third kappa shape index (κ3) is 4.69. The van der Waals surface area contributed by atoms with E-state index in [-0.39, 0.29) is 16.5 Å². The lowest BCUT2D eigenvalue weighted by molar-refractivity contribution is -0.135. The first kappa shape index (κ1) is 21.6. The second kappa shape index (κ2) is 8.51. The van der Waals surface area contributed by atoms with Gasteiger partial charge < -0.3 is 10.2 Å². The molecule has 10 heteroatoms. The van der Waals surface area contributed by atoms with Gasteiger partial charge in [0.1, 0.15) is 5.82 Å². The summed E-state index contributed by atoms with van der Waals surface area (Å²) in [6.45, 7) is 3.43. The molecule has 2 N–H and O–H groups in total. The number of anilines is 2. The second-order valence-electron chi connectivity index (χ2n) is 7.77. The molecule has 0 saturated carbocycles. The highest BCUT2D eigenvalue weighted by Crippen LogP contribution is 2.38. The summed E-state index contributed by atoms with van der Waals surface area (Å²) >= 11 is 1.12. The van der Waals surface area contributed by atoms with Crippen molar-refractivity contribution in [2.75, 3.05) is 23.1 Å². The number of thioether (sulfide) groups is 1. The average Bonchev–Trinajstić information content (AvgIpc) is 2.72. The van der Waals surface area contributed by atoms with Crippen LogP contribution in [0.25, 0.3) is 0 Å². The lowest BCUT2D eigenvalue weighted by atomic mass is 9.99. The van der Waals surface area contributed by atoms with Crippen LogP contribution in [-0.4, -0.2) is 43.5 Å². The molecule has 0 bridgehead atoms. The Morgan fingerprint density at radius 3 is 2.65 bits per heavy atom. The van der Waals surface area contributed by atoms with Gasteiger partial charge >= 0.3 is 0 Å². The maximum atomic E-state index is 13.4. The number of rotatable bonds is 4. The molecule has 0 spiro atoms. The SMILES string of the molecule is CC1CCN(C(=O)[C@@H]2Sc3ccc(S(=O)(=O)Nc4cccc(F)c4)cc3NC2=O)CC1. The van der Waals surface area contributed by atoms with E-state index in [1.54, 1.807) is 11.0 Å². The van der Waals surface area contributed by atoms with Crippen LogP contribution in [0, 0.1) is 11.7 Å². The lowest BCUT2D eigenvalue weighted by Crippen LogP contribution is -2.47. The van der Waals surface area contributed by atoms with Gasteiger partial charge in [-0.3, -0.25) is 14.3 Å². The molecule has 2 aromatic carbocycles. The minimum atomic E-state index is -3.99. The van der Waals surface area contributed by atoms with Gasteiger partial charge in [-0.25, -0.2) is 12.8 Å². The van der Waals surface area contributed by atoms with E-state index in [1.807, 2.05) is 0 Å². The summed E-state index contributed by atoms with van der Waals surface area (Å²) in [4.78, 5) is 27.7. The van der Waals surface area contributed by atoms with Crippen molar-refractivity contribution in [1.29, 1.82) is 0 Å². The van der Waals surface area contributed by atoms with E-state index >= 15 is 0 Å². The molecule has 2 heterocycles. The number of nitrogens with zero attached hydrogens (tertiary/aromatic N) is 1. The minimum Gasteiger partial charge on any atom is -0.341 e. The standard InChI is InChI=1S/C21H22FN3O4S2/c1-13-7-9-25(10-8-13)21(27)19-20(26)23-17-12-16(5-6-18(17)30-19)31(28,29)24-15-4-2-3-14(22)11-15/h2-6,11-13,19,24H,7-10H2,1H3,(H,23,26)/t19-/m1/s1. The fourth-order valence-electron chi connectivity index (χ4n) is 3.58. The van der Waals surface area contributed by atoms with Gasteiger partial charge in [-0.15, -0.1) is 11.8 Å². The number of amides is 2. The number of halogens is 1. The highest BCUT2D eigenvalue weighted by Gasteiger charge is 2.37. The first-order valence-corrected chi connectivity index (χ1v) is 12.3. The normalized spacial score (nSPS) is 19.5. The number of sulfonamides is 1. The van der Waals surface area contributed by atoms with Crippen molar-refractivity contribution in [2.45, 2.75) is 34.8 Å². The van der Waals surface area contributed by atoms with E-state index in [0.717, 1.165) is 30.7 Å². The molecule has 2 amide bonds. The summed E-state index contributed by atoms with van der Waals surface area (Å²) in [5.41, 5.74) is 0.422. The summed E-state index contributed by atoms with van der Waals surface area (Å²) in [5, 5.41) is 1.77. The number of carbonyl (C=O) groups excluding carboxylic acids is 2. The maximum absolute atomic E-state index is 13.4. The fraction of sp³-hybridized carbons (Fsp3) is 0.333. The van der Waals surface area contributed by atoms with Gasteiger partial charge in [0, 0.05) is 18.0 Å². The Morgan fingerprint density at radius 1 is 1.19 bits per heavy atom. The van der Waals surface area contributed by atoms with Crippen LogP contribution in [0.4, 0.5) is 15.8 Å². The van der Waals surface area contributed by atoms with Crippen LogP contribution >= 0.6 is 11.8 Å². The highest BCUT2D eigenvalue weighted by atomic mass is 32.2. The number of carbonyl (C=O) groups is 2. The van der Waals surface area contributed by atoms with Crippen LogP contribution in [0.2, 0.25) is 0 Å². The van der Waals surface area contributed by atoms with Crippen molar-refractivity contribution in [1.82, 2.24) is 4.90 Å². The molecule has 0 radical (unpaired) electrons. The largest absolute Gasteiger partial charge is 0.341 e. The molecule has 1 fully saturated rings. The van der Waals surface area contributed by atoms with Gasteiger partial charge in [-0.2, -0.15) is 0 Å². The second-order valence-corrected chi connectivity index (χ2v) is 10.6. The maximum Gasteiger partial charge on any atom is 0.261 e. The third-order valence-electron chi connectivity index (χ3n) is 5.40. The van der Waals surface area contributed by atoms with Crippen LogP contribution in [0.15, 0.2) is 52.3 Å². The van der Waals surface area contributed by atoms with E-state index in [9.17, 15) is 22.4 Å². The number of piperidine rings is 1. The molecule has 7 nitrogen and oxygen atoms in total. The van der Waals surface area contributed by atoms with Crippen molar-refractivity contribution in [3.05, 3.63) is 48.3 Å². The summed E-state index contributed by atoms with van der Waals surface area (Å²) in [6.07, 6.45) is 1.84. The molecule has 2 aliphatic rings. The Labute approximate surface area is 184 Å². The van der Waals surface area contributed by atoms with Gasteiger partial charge in [0.15, 0.2) is 5.25 Å². The monoisotopic (exact) mass is 463 g/mol. The Kier molecular flexibility index (Phi) is 5.94. The summed E-state index contributed by atoms with van der Waals surface area (Å²) in [7, 11) is -3.99. The molecular weight excluding hydrogens is 441 g/mol. The minimum absolute atomic E-state index is 0.0776. The molecule has 31 heavy (non-hydrogen) atoms. The molecule has 0 aromatic heterocycles. The van der Waals surface area contributed by atoms with Crippen molar-refractivity contribution in [3.63, 3.8) is 0 Å². The van der Waals surface area contributed by atoms with Gasteiger partial charge in [0.2, 0.25) is 11.8 Å². The van der Waals surface area contributed by atoms with E-state index < -0.39 is 27.0 Å². The summed E-state index contributed by atoms with van der Waals surface area (Å²) in [5.74, 6) is -0.676. The van der Waals surface area contributed by atoms with Crippen molar-refractivity contribution >= 4 is 45.0 Å². The van der Waals surface area contributed by atoms with Gasteiger partial charge in [0.05, 0.1) is 16.3 Å². The quantitative estimate of drug-likeness (QED) is 0.679. The van der Waals surface area contributed by atoms with E-state index in [2.05, 4.69) is 17.0 Å². The zero-order valence-electron chi connectivity index (χ0n) is 16.8.